The number of carboxylic acids is 1. The largest absolute Gasteiger partial charge is 0.480 e. The highest BCUT2D eigenvalue weighted by Gasteiger charge is 2.21. The normalized spacial score (nSPS) is 11.6. The molecule has 33 heavy (non-hydrogen) atoms. The van der Waals surface area contributed by atoms with Gasteiger partial charge in [0.05, 0.1) is 0 Å². The van der Waals surface area contributed by atoms with Crippen molar-refractivity contribution in [2.45, 2.75) is 44.8 Å². The number of aromatic nitrogens is 1. The van der Waals surface area contributed by atoms with E-state index in [1.807, 2.05) is 54.6 Å². The van der Waals surface area contributed by atoms with Gasteiger partial charge < -0.3 is 25.5 Å². The van der Waals surface area contributed by atoms with Gasteiger partial charge in [-0.05, 0) is 30.0 Å². The van der Waals surface area contributed by atoms with E-state index in [1.165, 1.54) is 0 Å². The molecule has 0 aliphatic heterocycles. The van der Waals surface area contributed by atoms with Crippen LogP contribution in [-0.2, 0) is 27.4 Å². The molecule has 3 rings (SSSR count). The number of rotatable bonds is 12. The average Bonchev–Trinajstić information content (AvgIpc) is 3.23. The smallest absolute Gasteiger partial charge is 0.407 e. The molecule has 0 radical (unpaired) electrons. The van der Waals surface area contributed by atoms with Crippen molar-refractivity contribution < 1.29 is 24.2 Å². The van der Waals surface area contributed by atoms with Crippen molar-refractivity contribution in [1.82, 2.24) is 15.6 Å². The van der Waals surface area contributed by atoms with E-state index in [9.17, 15) is 19.5 Å². The summed E-state index contributed by atoms with van der Waals surface area (Å²) in [4.78, 5) is 38.7. The quantitative estimate of drug-likeness (QED) is 0.313. The van der Waals surface area contributed by atoms with Gasteiger partial charge in [0, 0.05) is 36.5 Å². The van der Waals surface area contributed by atoms with E-state index in [-0.39, 0.29) is 25.4 Å². The number of nitrogens with one attached hydrogen (secondary N) is 3. The Morgan fingerprint density at radius 2 is 1.73 bits per heavy atom. The molecular weight excluding hydrogens is 422 g/mol. The van der Waals surface area contributed by atoms with Crippen molar-refractivity contribution in [2.24, 2.45) is 0 Å². The molecule has 2 aromatic carbocycles. The van der Waals surface area contributed by atoms with E-state index in [2.05, 4.69) is 15.6 Å². The molecule has 0 saturated heterocycles. The predicted octanol–water partition coefficient (Wildman–Crippen LogP) is 3.77. The first kappa shape index (κ1) is 23.8. The number of H-pyrrole nitrogens is 1. The molecule has 3 aromatic rings. The summed E-state index contributed by atoms with van der Waals surface area (Å²) < 4.78 is 5.14. The second kappa shape index (κ2) is 12.3. The molecule has 174 valence electrons. The predicted molar refractivity (Wildman–Crippen MR) is 125 cm³/mol. The van der Waals surface area contributed by atoms with Gasteiger partial charge in [-0.25, -0.2) is 9.59 Å². The van der Waals surface area contributed by atoms with E-state index in [0.29, 0.717) is 19.4 Å². The van der Waals surface area contributed by atoms with Gasteiger partial charge >= 0.3 is 12.1 Å². The van der Waals surface area contributed by atoms with Crippen LogP contribution in [0.15, 0.2) is 60.8 Å². The molecule has 0 unspecified atom stereocenters. The Hall–Kier alpha value is -3.81. The molecule has 0 fully saturated rings. The lowest BCUT2D eigenvalue weighted by atomic mass is 10.0. The second-order valence-corrected chi connectivity index (χ2v) is 7.82. The number of aromatic amines is 1. The minimum atomic E-state index is -1.06. The number of amides is 2. The van der Waals surface area contributed by atoms with Crippen molar-refractivity contribution in [1.29, 1.82) is 0 Å². The molecule has 0 saturated carbocycles. The number of unbranched alkanes of at least 4 members (excludes halogenated alkanes) is 2. The summed E-state index contributed by atoms with van der Waals surface area (Å²) in [6.45, 7) is 0.670. The highest BCUT2D eigenvalue weighted by Crippen LogP contribution is 2.19. The molecule has 1 aromatic heterocycles. The molecule has 0 bridgehead atoms. The van der Waals surface area contributed by atoms with Gasteiger partial charge in [-0.3, -0.25) is 4.79 Å². The van der Waals surface area contributed by atoms with E-state index in [1.54, 1.807) is 6.20 Å². The van der Waals surface area contributed by atoms with Crippen molar-refractivity contribution in [2.75, 3.05) is 6.54 Å². The molecule has 1 atom stereocenters. The molecule has 0 aliphatic rings. The third-order valence-corrected chi connectivity index (χ3v) is 5.29. The van der Waals surface area contributed by atoms with Gasteiger partial charge in [0.15, 0.2) is 0 Å². The van der Waals surface area contributed by atoms with Crippen LogP contribution in [0.25, 0.3) is 10.9 Å². The summed E-state index contributed by atoms with van der Waals surface area (Å²) in [6.07, 6.45) is 3.78. The SMILES string of the molecule is O=C(CCCCCNC(=O)OCc1ccccc1)N[C@H](Cc1c[nH]c2ccccc12)C(=O)O. The Labute approximate surface area is 192 Å². The van der Waals surface area contributed by atoms with E-state index >= 15 is 0 Å². The number of carbonyl (C=O) groups is 3. The van der Waals surface area contributed by atoms with E-state index in [0.717, 1.165) is 28.5 Å². The fraction of sp³-hybridized carbons (Fsp3) is 0.320. The molecule has 0 spiro atoms. The number of hydrogen-bond donors (Lipinski definition) is 4. The standard InChI is InChI=1S/C25H29N3O5/c29-23(13-5-2-8-14-26-25(32)33-17-18-9-3-1-4-10-18)28-22(24(30)31)15-19-16-27-21-12-7-6-11-20(19)21/h1,3-4,6-7,9-12,16,22,27H,2,5,8,13-15,17H2,(H,26,32)(H,28,29)(H,30,31)/t22-/m1/s1. The fourth-order valence-electron chi connectivity index (χ4n) is 3.54. The molecular formula is C25H29N3O5. The molecule has 8 heteroatoms. The third-order valence-electron chi connectivity index (χ3n) is 5.29. The first-order valence-electron chi connectivity index (χ1n) is 11.0. The Morgan fingerprint density at radius 1 is 0.970 bits per heavy atom. The summed E-state index contributed by atoms with van der Waals surface area (Å²) in [7, 11) is 0. The van der Waals surface area contributed by atoms with Crippen LogP contribution >= 0.6 is 0 Å². The summed E-state index contributed by atoms with van der Waals surface area (Å²) in [5, 5.41) is 15.8. The first-order chi connectivity index (χ1) is 16.0. The molecule has 2 amide bonds. The molecule has 1 heterocycles. The van der Waals surface area contributed by atoms with Crippen LogP contribution in [-0.4, -0.2) is 40.6 Å². The van der Waals surface area contributed by atoms with Crippen LogP contribution in [0.5, 0.6) is 0 Å². The Balaban J connectivity index is 1.31. The zero-order valence-corrected chi connectivity index (χ0v) is 18.4. The number of aliphatic carboxylic acids is 1. The van der Waals surface area contributed by atoms with Crippen molar-refractivity contribution in [3.8, 4) is 0 Å². The number of alkyl carbamates (subject to hydrolysis) is 1. The zero-order chi connectivity index (χ0) is 23.5. The highest BCUT2D eigenvalue weighted by molar-refractivity contribution is 5.86. The fourth-order valence-corrected chi connectivity index (χ4v) is 3.54. The lowest BCUT2D eigenvalue weighted by molar-refractivity contribution is -0.141. The number of fused-ring (bicyclic) bond motifs is 1. The van der Waals surface area contributed by atoms with E-state index in [4.69, 9.17) is 4.74 Å². The van der Waals surface area contributed by atoms with Gasteiger partial charge in [0.1, 0.15) is 12.6 Å². The van der Waals surface area contributed by atoms with Gasteiger partial charge in [-0.15, -0.1) is 0 Å². The number of ether oxygens (including phenoxy) is 1. The van der Waals surface area contributed by atoms with Gasteiger partial charge in [-0.1, -0.05) is 55.0 Å². The van der Waals surface area contributed by atoms with Crippen LogP contribution in [0.1, 0.15) is 36.8 Å². The summed E-state index contributed by atoms with van der Waals surface area (Å²) in [5.74, 6) is -1.36. The summed E-state index contributed by atoms with van der Waals surface area (Å²) >= 11 is 0. The van der Waals surface area contributed by atoms with Gasteiger partial charge in [0.25, 0.3) is 0 Å². The monoisotopic (exact) mass is 451 g/mol. The van der Waals surface area contributed by atoms with Crippen molar-refractivity contribution in [3.63, 3.8) is 0 Å². The number of para-hydroxylation sites is 1. The first-order valence-corrected chi connectivity index (χ1v) is 11.0. The number of hydrogen-bond acceptors (Lipinski definition) is 4. The highest BCUT2D eigenvalue weighted by atomic mass is 16.5. The molecule has 4 N–H and O–H groups in total. The number of carbonyl (C=O) groups excluding carboxylic acids is 2. The zero-order valence-electron chi connectivity index (χ0n) is 18.4. The van der Waals surface area contributed by atoms with E-state index < -0.39 is 18.1 Å². The molecule has 0 aliphatic carbocycles. The lowest BCUT2D eigenvalue weighted by Crippen LogP contribution is -2.42. The summed E-state index contributed by atoms with van der Waals surface area (Å²) in [5.41, 5.74) is 2.70. The maximum absolute atomic E-state index is 12.2. The van der Waals surface area contributed by atoms with Crippen LogP contribution in [0, 0.1) is 0 Å². The van der Waals surface area contributed by atoms with Crippen LogP contribution in [0.3, 0.4) is 0 Å². The van der Waals surface area contributed by atoms with Gasteiger partial charge in [0.2, 0.25) is 5.91 Å². The van der Waals surface area contributed by atoms with Crippen molar-refractivity contribution >= 4 is 28.9 Å². The van der Waals surface area contributed by atoms with Crippen LogP contribution < -0.4 is 10.6 Å². The summed E-state index contributed by atoms with van der Waals surface area (Å²) in [6, 6.07) is 16.1. The maximum atomic E-state index is 12.2. The van der Waals surface area contributed by atoms with Gasteiger partial charge in [-0.2, -0.15) is 0 Å². The average molecular weight is 452 g/mol. The third kappa shape index (κ3) is 7.68. The minimum Gasteiger partial charge on any atom is -0.480 e. The minimum absolute atomic E-state index is 0.208. The second-order valence-electron chi connectivity index (χ2n) is 7.82. The lowest BCUT2D eigenvalue weighted by Gasteiger charge is -2.14. The van der Waals surface area contributed by atoms with Crippen LogP contribution in [0.4, 0.5) is 4.79 Å². The Kier molecular flexibility index (Phi) is 8.88. The van der Waals surface area contributed by atoms with Crippen molar-refractivity contribution in [3.05, 3.63) is 71.9 Å². The molecule has 8 nitrogen and oxygen atoms in total. The topological polar surface area (TPSA) is 121 Å². The number of carboxylic acid groups (broad SMARTS) is 1. The maximum Gasteiger partial charge on any atom is 0.407 e. The Bertz CT molecular complexity index is 1060. The van der Waals surface area contributed by atoms with Crippen LogP contribution in [0.2, 0.25) is 0 Å². The number of benzene rings is 2. The Morgan fingerprint density at radius 3 is 2.52 bits per heavy atom.